The monoisotopic (exact) mass is 536 g/mol. The zero-order valence-corrected chi connectivity index (χ0v) is 20.8. The van der Waals surface area contributed by atoms with Crippen LogP contribution in [0.25, 0.3) is 0 Å². The van der Waals surface area contributed by atoms with Crippen molar-refractivity contribution in [1.82, 2.24) is 10.3 Å². The molecular formula is C25H27F3N4O4S. The van der Waals surface area contributed by atoms with Crippen molar-refractivity contribution in [1.29, 1.82) is 0 Å². The zero-order valence-electron chi connectivity index (χ0n) is 20.0. The first-order valence-electron chi connectivity index (χ1n) is 12.0. The number of anilines is 1. The zero-order chi connectivity index (χ0) is 26.8. The SMILES string of the molecule is CN(c1cncc(C(=O)NC2C3CC4CC2CC(C(N)=O)(C4)C3)c1)S(=O)(=O)c1ccccc1C(F)(F)F. The van der Waals surface area contributed by atoms with Crippen LogP contribution in [0.3, 0.4) is 0 Å². The second kappa shape index (κ2) is 8.71. The average molecular weight is 537 g/mol. The Labute approximate surface area is 212 Å². The highest BCUT2D eigenvalue weighted by atomic mass is 32.2. The molecule has 4 saturated carbocycles. The predicted octanol–water partition coefficient (Wildman–Crippen LogP) is 3.34. The number of alkyl halides is 3. The maximum Gasteiger partial charge on any atom is 0.417 e. The first-order chi connectivity index (χ1) is 17.3. The molecule has 0 radical (unpaired) electrons. The van der Waals surface area contributed by atoms with E-state index >= 15 is 0 Å². The summed E-state index contributed by atoms with van der Waals surface area (Å²) in [6.45, 7) is 0. The van der Waals surface area contributed by atoms with Crippen LogP contribution in [0.15, 0.2) is 47.6 Å². The molecule has 1 aromatic heterocycles. The van der Waals surface area contributed by atoms with Crippen molar-refractivity contribution in [2.75, 3.05) is 11.4 Å². The molecule has 4 aliphatic rings. The average Bonchev–Trinajstić information content (AvgIpc) is 2.84. The molecule has 1 aromatic carbocycles. The number of nitrogens with zero attached hydrogens (tertiary/aromatic N) is 2. The molecule has 6 rings (SSSR count). The number of hydrogen-bond donors (Lipinski definition) is 2. The van der Waals surface area contributed by atoms with Crippen molar-refractivity contribution >= 4 is 27.5 Å². The van der Waals surface area contributed by atoms with Crippen molar-refractivity contribution in [2.24, 2.45) is 28.9 Å². The van der Waals surface area contributed by atoms with Crippen LogP contribution in [-0.2, 0) is 21.0 Å². The largest absolute Gasteiger partial charge is 0.417 e. The molecule has 4 fully saturated rings. The summed E-state index contributed by atoms with van der Waals surface area (Å²) in [6, 6.07) is 5.08. The second-order valence-corrected chi connectivity index (χ2v) is 12.4. The molecule has 2 atom stereocenters. The minimum absolute atomic E-state index is 0.0533. The summed E-state index contributed by atoms with van der Waals surface area (Å²) in [5, 5.41) is 3.05. The number of rotatable bonds is 6. The van der Waals surface area contributed by atoms with Crippen LogP contribution in [0.1, 0.15) is 48.0 Å². The third-order valence-corrected chi connectivity index (χ3v) is 10.1. The minimum Gasteiger partial charge on any atom is -0.369 e. The smallest absolute Gasteiger partial charge is 0.369 e. The van der Waals surface area contributed by atoms with Crippen LogP contribution in [0.2, 0.25) is 0 Å². The number of carbonyl (C=O) groups is 2. The highest BCUT2D eigenvalue weighted by Gasteiger charge is 2.58. The predicted molar refractivity (Wildman–Crippen MR) is 128 cm³/mol. The molecule has 198 valence electrons. The number of aromatic nitrogens is 1. The molecule has 4 bridgehead atoms. The van der Waals surface area contributed by atoms with Gasteiger partial charge in [-0.2, -0.15) is 13.2 Å². The highest BCUT2D eigenvalue weighted by molar-refractivity contribution is 7.92. The van der Waals surface area contributed by atoms with Crippen LogP contribution in [0.5, 0.6) is 0 Å². The Hall–Kier alpha value is -3.15. The van der Waals surface area contributed by atoms with Gasteiger partial charge >= 0.3 is 6.18 Å². The van der Waals surface area contributed by atoms with E-state index in [2.05, 4.69) is 10.3 Å². The third kappa shape index (κ3) is 4.34. The summed E-state index contributed by atoms with van der Waals surface area (Å²) in [6.07, 6.45) is 1.49. The van der Waals surface area contributed by atoms with Gasteiger partial charge in [-0.3, -0.25) is 18.9 Å². The Morgan fingerprint density at radius 2 is 1.76 bits per heavy atom. The molecule has 2 amide bonds. The van der Waals surface area contributed by atoms with Gasteiger partial charge in [-0.1, -0.05) is 12.1 Å². The van der Waals surface area contributed by atoms with E-state index in [1.165, 1.54) is 24.5 Å². The van der Waals surface area contributed by atoms with Crippen LogP contribution in [0, 0.1) is 23.2 Å². The lowest BCUT2D eigenvalue weighted by molar-refractivity contribution is -0.145. The fraction of sp³-hybridized carbons (Fsp3) is 0.480. The molecule has 0 saturated heterocycles. The molecule has 0 aliphatic heterocycles. The Bertz CT molecular complexity index is 1350. The van der Waals surface area contributed by atoms with E-state index in [4.69, 9.17) is 5.73 Å². The molecule has 12 heteroatoms. The van der Waals surface area contributed by atoms with Crippen molar-refractivity contribution in [3.63, 3.8) is 0 Å². The van der Waals surface area contributed by atoms with Gasteiger partial charge < -0.3 is 11.1 Å². The quantitative estimate of drug-likeness (QED) is 0.587. The summed E-state index contributed by atoms with van der Waals surface area (Å²) in [5.41, 5.74) is 3.99. The maximum absolute atomic E-state index is 13.5. The van der Waals surface area contributed by atoms with Crippen molar-refractivity contribution < 1.29 is 31.2 Å². The topological polar surface area (TPSA) is 122 Å². The van der Waals surface area contributed by atoms with Crippen LogP contribution < -0.4 is 15.4 Å². The van der Waals surface area contributed by atoms with E-state index in [0.29, 0.717) is 29.1 Å². The summed E-state index contributed by atoms with van der Waals surface area (Å²) >= 11 is 0. The van der Waals surface area contributed by atoms with Gasteiger partial charge in [-0.05, 0) is 68.1 Å². The number of pyridine rings is 1. The van der Waals surface area contributed by atoms with Gasteiger partial charge in [-0.25, -0.2) is 8.42 Å². The summed E-state index contributed by atoms with van der Waals surface area (Å²) in [5.74, 6) is -0.0607. The van der Waals surface area contributed by atoms with Crippen LogP contribution in [0.4, 0.5) is 18.9 Å². The Balaban J connectivity index is 1.37. The Morgan fingerprint density at radius 3 is 2.38 bits per heavy atom. The summed E-state index contributed by atoms with van der Waals surface area (Å²) in [7, 11) is -3.49. The molecule has 2 aromatic rings. The minimum atomic E-state index is -4.86. The Morgan fingerprint density at radius 1 is 1.11 bits per heavy atom. The van der Waals surface area contributed by atoms with E-state index in [0.717, 1.165) is 38.4 Å². The first-order valence-corrected chi connectivity index (χ1v) is 13.5. The molecular weight excluding hydrogens is 509 g/mol. The fourth-order valence-electron chi connectivity index (χ4n) is 6.73. The summed E-state index contributed by atoms with van der Waals surface area (Å²) < 4.78 is 67.3. The first kappa shape index (κ1) is 25.5. The highest BCUT2D eigenvalue weighted by Crippen LogP contribution is 2.60. The number of primary amides is 1. The lowest BCUT2D eigenvalue weighted by Gasteiger charge is -2.58. The molecule has 4 aliphatic carbocycles. The second-order valence-electron chi connectivity index (χ2n) is 10.5. The molecule has 2 unspecified atom stereocenters. The fourth-order valence-corrected chi connectivity index (χ4v) is 8.12. The van der Waals surface area contributed by atoms with E-state index in [1.807, 2.05) is 0 Å². The summed E-state index contributed by atoms with van der Waals surface area (Å²) in [4.78, 5) is 28.4. The van der Waals surface area contributed by atoms with Gasteiger partial charge in [0.15, 0.2) is 0 Å². The lowest BCUT2D eigenvalue weighted by Crippen LogP contribution is -2.62. The number of nitrogens with two attached hydrogens (primary N) is 1. The number of nitrogens with one attached hydrogen (secondary N) is 1. The standard InChI is InChI=1S/C25H27F3N4O4S/c1-32(37(35,36)20-5-3-2-4-19(20)25(26,27)28)18-8-17(12-30-13-18)22(33)31-21-15-6-14-7-16(21)11-24(9-14,10-15)23(29)34/h2-5,8,12-16,21H,6-7,9-11H2,1H3,(H2,29,34)(H,31,33). The Kier molecular flexibility index (Phi) is 6.00. The number of halogens is 3. The van der Waals surface area contributed by atoms with E-state index in [-0.39, 0.29) is 35.0 Å². The van der Waals surface area contributed by atoms with Gasteiger partial charge in [0, 0.05) is 24.7 Å². The van der Waals surface area contributed by atoms with E-state index in [9.17, 15) is 31.2 Å². The van der Waals surface area contributed by atoms with Crippen molar-refractivity contribution in [3.05, 3.63) is 53.9 Å². The van der Waals surface area contributed by atoms with Crippen molar-refractivity contribution in [3.8, 4) is 0 Å². The number of sulfonamides is 1. The van der Waals surface area contributed by atoms with Gasteiger partial charge in [0.2, 0.25) is 5.91 Å². The van der Waals surface area contributed by atoms with E-state index in [1.54, 1.807) is 0 Å². The maximum atomic E-state index is 13.5. The molecule has 0 spiro atoms. The molecule has 8 nitrogen and oxygen atoms in total. The molecule has 37 heavy (non-hydrogen) atoms. The lowest BCUT2D eigenvalue weighted by atomic mass is 9.47. The molecule has 3 N–H and O–H groups in total. The number of amides is 2. The van der Waals surface area contributed by atoms with Crippen LogP contribution in [-0.4, -0.2) is 38.3 Å². The van der Waals surface area contributed by atoms with E-state index < -0.39 is 38.0 Å². The number of hydrogen-bond acceptors (Lipinski definition) is 5. The normalized spacial score (nSPS) is 28.6. The van der Waals surface area contributed by atoms with Gasteiger partial charge in [-0.15, -0.1) is 0 Å². The number of benzene rings is 1. The molecule has 1 heterocycles. The van der Waals surface area contributed by atoms with Gasteiger partial charge in [0.05, 0.1) is 27.9 Å². The van der Waals surface area contributed by atoms with Crippen LogP contribution >= 0.6 is 0 Å². The van der Waals surface area contributed by atoms with Gasteiger partial charge in [0.1, 0.15) is 0 Å². The van der Waals surface area contributed by atoms with Gasteiger partial charge in [0.25, 0.3) is 15.9 Å². The third-order valence-electron chi connectivity index (χ3n) is 8.27. The van der Waals surface area contributed by atoms with Crippen molar-refractivity contribution in [2.45, 2.75) is 49.2 Å². The number of carbonyl (C=O) groups excluding carboxylic acids is 2.